The van der Waals surface area contributed by atoms with Gasteiger partial charge in [0.15, 0.2) is 0 Å². The molecule has 1 N–H and O–H groups in total. The summed E-state index contributed by atoms with van der Waals surface area (Å²) in [5, 5.41) is 3.35. The molecule has 1 saturated heterocycles. The Balaban J connectivity index is 1.89. The third-order valence-corrected chi connectivity index (χ3v) is 3.24. The Hall–Kier alpha value is -0.150. The normalized spacial score (nSPS) is 37.6. The maximum absolute atomic E-state index is 13.4. The molecule has 3 heteroatoms. The highest BCUT2D eigenvalue weighted by atomic mass is 19.1. The molecule has 76 valence electrons. The number of nitrogens with one attached hydrogen (secondary N) is 1. The van der Waals surface area contributed by atoms with Crippen molar-refractivity contribution in [2.24, 2.45) is 0 Å². The Morgan fingerprint density at radius 2 is 2.00 bits per heavy atom. The van der Waals surface area contributed by atoms with Gasteiger partial charge < -0.3 is 5.32 Å². The van der Waals surface area contributed by atoms with Crippen LogP contribution >= 0.6 is 0 Å². The molecule has 2 nitrogen and oxygen atoms in total. The molecule has 0 aromatic rings. The average molecular weight is 186 g/mol. The molecule has 13 heavy (non-hydrogen) atoms. The molecule has 1 saturated carbocycles. The summed E-state index contributed by atoms with van der Waals surface area (Å²) in [7, 11) is 0. The minimum absolute atomic E-state index is 0.236. The van der Waals surface area contributed by atoms with E-state index in [0.717, 1.165) is 45.4 Å². The lowest BCUT2D eigenvalue weighted by molar-refractivity contribution is 0.139. The highest BCUT2D eigenvalue weighted by Crippen LogP contribution is 2.26. The second kappa shape index (κ2) is 4.38. The molecule has 1 aliphatic heterocycles. The van der Waals surface area contributed by atoms with E-state index >= 15 is 0 Å². The summed E-state index contributed by atoms with van der Waals surface area (Å²) in [6.45, 7) is 4.24. The van der Waals surface area contributed by atoms with Crippen LogP contribution in [0.3, 0.4) is 0 Å². The molecular formula is C10H19FN2. The topological polar surface area (TPSA) is 15.3 Å². The first-order valence-corrected chi connectivity index (χ1v) is 5.47. The van der Waals surface area contributed by atoms with Gasteiger partial charge in [0.25, 0.3) is 0 Å². The Kier molecular flexibility index (Phi) is 3.17. The molecule has 0 radical (unpaired) electrons. The molecule has 0 bridgehead atoms. The van der Waals surface area contributed by atoms with E-state index in [4.69, 9.17) is 0 Å². The van der Waals surface area contributed by atoms with Gasteiger partial charge in [0.1, 0.15) is 6.17 Å². The Bertz CT molecular complexity index is 155. The van der Waals surface area contributed by atoms with Crippen LogP contribution in [-0.2, 0) is 0 Å². The van der Waals surface area contributed by atoms with Crippen LogP contribution in [-0.4, -0.2) is 43.3 Å². The standard InChI is InChI=1S/C10H19FN2/c11-9-3-1-4-10(9)13-7-2-5-12-6-8-13/h9-10,12H,1-8H2/t9-,10-/m1/s1. The fourth-order valence-corrected chi connectivity index (χ4v) is 2.50. The van der Waals surface area contributed by atoms with Crippen LogP contribution in [0.2, 0.25) is 0 Å². The smallest absolute Gasteiger partial charge is 0.116 e. The van der Waals surface area contributed by atoms with Gasteiger partial charge in [0, 0.05) is 19.1 Å². The van der Waals surface area contributed by atoms with E-state index in [1.807, 2.05) is 0 Å². The lowest BCUT2D eigenvalue weighted by atomic mass is 10.2. The van der Waals surface area contributed by atoms with Crippen molar-refractivity contribution in [1.82, 2.24) is 10.2 Å². The van der Waals surface area contributed by atoms with Gasteiger partial charge in [-0.15, -0.1) is 0 Å². The van der Waals surface area contributed by atoms with Crippen LogP contribution in [0, 0.1) is 0 Å². The summed E-state index contributed by atoms with van der Waals surface area (Å²) in [6, 6.07) is 0.236. The number of hydrogen-bond acceptors (Lipinski definition) is 2. The lowest BCUT2D eigenvalue weighted by Gasteiger charge is -2.28. The number of nitrogens with zero attached hydrogens (tertiary/aromatic N) is 1. The van der Waals surface area contributed by atoms with Crippen molar-refractivity contribution in [3.05, 3.63) is 0 Å². The van der Waals surface area contributed by atoms with Crippen molar-refractivity contribution in [2.75, 3.05) is 26.2 Å². The fraction of sp³-hybridized carbons (Fsp3) is 1.00. The lowest BCUT2D eigenvalue weighted by Crippen LogP contribution is -2.40. The zero-order valence-electron chi connectivity index (χ0n) is 8.14. The SMILES string of the molecule is F[C@@H]1CCC[C@H]1N1CCCNCC1. The quantitative estimate of drug-likeness (QED) is 0.661. The predicted molar refractivity (Wildman–Crippen MR) is 51.6 cm³/mol. The average Bonchev–Trinajstić information content (AvgIpc) is 2.43. The summed E-state index contributed by atoms with van der Waals surface area (Å²) >= 11 is 0. The van der Waals surface area contributed by atoms with Gasteiger partial charge >= 0.3 is 0 Å². The summed E-state index contributed by atoms with van der Waals surface area (Å²) in [4.78, 5) is 2.34. The van der Waals surface area contributed by atoms with E-state index in [0.29, 0.717) is 0 Å². The van der Waals surface area contributed by atoms with Gasteiger partial charge in [-0.2, -0.15) is 0 Å². The van der Waals surface area contributed by atoms with Gasteiger partial charge in [0.05, 0.1) is 0 Å². The number of hydrogen-bond donors (Lipinski definition) is 1. The van der Waals surface area contributed by atoms with Crippen molar-refractivity contribution in [2.45, 2.75) is 37.9 Å². The molecule has 0 amide bonds. The van der Waals surface area contributed by atoms with Crippen LogP contribution in [0.5, 0.6) is 0 Å². The molecule has 1 heterocycles. The second-order valence-electron chi connectivity index (χ2n) is 4.15. The van der Waals surface area contributed by atoms with Crippen LogP contribution in [0.25, 0.3) is 0 Å². The van der Waals surface area contributed by atoms with Crippen molar-refractivity contribution in [3.63, 3.8) is 0 Å². The van der Waals surface area contributed by atoms with Crippen LogP contribution in [0.4, 0.5) is 4.39 Å². The number of rotatable bonds is 1. The van der Waals surface area contributed by atoms with Crippen LogP contribution in [0.1, 0.15) is 25.7 Å². The largest absolute Gasteiger partial charge is 0.315 e. The van der Waals surface area contributed by atoms with E-state index in [2.05, 4.69) is 10.2 Å². The van der Waals surface area contributed by atoms with Gasteiger partial charge in [-0.05, 0) is 38.8 Å². The Morgan fingerprint density at radius 1 is 1.08 bits per heavy atom. The van der Waals surface area contributed by atoms with Crippen LogP contribution < -0.4 is 5.32 Å². The maximum atomic E-state index is 13.4. The van der Waals surface area contributed by atoms with Gasteiger partial charge in [-0.25, -0.2) is 4.39 Å². The van der Waals surface area contributed by atoms with E-state index in [1.165, 1.54) is 6.42 Å². The fourth-order valence-electron chi connectivity index (χ4n) is 2.50. The first-order valence-electron chi connectivity index (χ1n) is 5.47. The highest BCUT2D eigenvalue weighted by Gasteiger charge is 2.31. The van der Waals surface area contributed by atoms with Crippen molar-refractivity contribution < 1.29 is 4.39 Å². The third-order valence-electron chi connectivity index (χ3n) is 3.24. The summed E-state index contributed by atoms with van der Waals surface area (Å²) in [5.41, 5.74) is 0. The molecule has 2 atom stereocenters. The van der Waals surface area contributed by atoms with Crippen molar-refractivity contribution in [1.29, 1.82) is 0 Å². The molecule has 0 spiro atoms. The number of halogens is 1. The zero-order valence-corrected chi connectivity index (χ0v) is 8.14. The van der Waals surface area contributed by atoms with E-state index in [1.54, 1.807) is 0 Å². The molecule has 2 fully saturated rings. The molecule has 0 aromatic heterocycles. The Labute approximate surface area is 79.5 Å². The summed E-state index contributed by atoms with van der Waals surface area (Å²) < 4.78 is 13.4. The van der Waals surface area contributed by atoms with Crippen molar-refractivity contribution >= 4 is 0 Å². The van der Waals surface area contributed by atoms with Crippen LogP contribution in [0.15, 0.2) is 0 Å². The molecule has 0 unspecified atom stereocenters. The monoisotopic (exact) mass is 186 g/mol. The molecule has 2 aliphatic rings. The minimum Gasteiger partial charge on any atom is -0.315 e. The van der Waals surface area contributed by atoms with Gasteiger partial charge in [-0.1, -0.05) is 0 Å². The highest BCUT2D eigenvalue weighted by molar-refractivity contribution is 4.86. The molecule has 0 aromatic carbocycles. The van der Waals surface area contributed by atoms with E-state index in [9.17, 15) is 4.39 Å². The first-order chi connectivity index (χ1) is 6.38. The second-order valence-corrected chi connectivity index (χ2v) is 4.15. The van der Waals surface area contributed by atoms with E-state index < -0.39 is 6.17 Å². The van der Waals surface area contributed by atoms with E-state index in [-0.39, 0.29) is 6.04 Å². The Morgan fingerprint density at radius 3 is 2.77 bits per heavy atom. The predicted octanol–water partition coefficient (Wildman–Crippen LogP) is 1.17. The number of alkyl halides is 1. The maximum Gasteiger partial charge on any atom is 0.116 e. The van der Waals surface area contributed by atoms with Gasteiger partial charge in [0.2, 0.25) is 0 Å². The first kappa shape index (κ1) is 9.41. The molecule has 2 rings (SSSR count). The summed E-state index contributed by atoms with van der Waals surface area (Å²) in [5.74, 6) is 0. The third kappa shape index (κ3) is 2.20. The molecule has 1 aliphatic carbocycles. The van der Waals surface area contributed by atoms with Gasteiger partial charge in [-0.3, -0.25) is 4.90 Å². The molecular weight excluding hydrogens is 167 g/mol. The van der Waals surface area contributed by atoms with Crippen molar-refractivity contribution in [3.8, 4) is 0 Å². The summed E-state index contributed by atoms with van der Waals surface area (Å²) in [6.07, 6.45) is 3.55. The minimum atomic E-state index is -0.557. The zero-order chi connectivity index (χ0) is 9.10.